The number of anilines is 1. The number of halogens is 2. The summed E-state index contributed by atoms with van der Waals surface area (Å²) in [5, 5.41) is 2.92. The number of rotatable bonds is 5. The minimum Gasteiger partial charge on any atom is -0.495 e. The second-order valence-corrected chi connectivity index (χ2v) is 8.48. The van der Waals surface area contributed by atoms with Crippen molar-refractivity contribution in [3.05, 3.63) is 74.8 Å². The average Bonchev–Trinajstić information content (AvgIpc) is 3.18. The van der Waals surface area contributed by atoms with Crippen LogP contribution in [0.5, 0.6) is 5.75 Å². The van der Waals surface area contributed by atoms with Crippen molar-refractivity contribution < 1.29 is 13.9 Å². The van der Waals surface area contributed by atoms with Crippen LogP contribution in [-0.4, -0.2) is 23.0 Å². The predicted molar refractivity (Wildman–Crippen MR) is 128 cm³/mol. The largest absolute Gasteiger partial charge is 0.495 e. The van der Waals surface area contributed by atoms with Crippen LogP contribution >= 0.6 is 31.9 Å². The SMILES string of the molecule is COc1c(Br)cc(Br)cc1/C=C/C(=O)Nc1cc(-c2nc3ncccc3o2)ccc1C. The average molecular weight is 543 g/mol. The summed E-state index contributed by atoms with van der Waals surface area (Å²) in [6.07, 6.45) is 4.84. The zero-order valence-electron chi connectivity index (χ0n) is 16.6. The standard InChI is InChI=1S/C23H17Br2N3O3/c1-13-5-6-15(23-28-22-19(31-23)4-3-9-26-22)11-18(13)27-20(29)8-7-14-10-16(24)12-17(25)21(14)30-2/h3-12H,1-2H3,(H,27,29)/b8-7+. The van der Waals surface area contributed by atoms with Crippen LogP contribution in [0.3, 0.4) is 0 Å². The molecule has 2 heterocycles. The number of hydrogen-bond acceptors (Lipinski definition) is 5. The van der Waals surface area contributed by atoms with Gasteiger partial charge in [-0.25, -0.2) is 4.98 Å². The molecule has 31 heavy (non-hydrogen) atoms. The van der Waals surface area contributed by atoms with Crippen LogP contribution in [0.1, 0.15) is 11.1 Å². The first-order chi connectivity index (χ1) is 14.9. The van der Waals surface area contributed by atoms with Gasteiger partial charge in [-0.15, -0.1) is 0 Å². The van der Waals surface area contributed by atoms with Gasteiger partial charge in [0.2, 0.25) is 11.8 Å². The summed E-state index contributed by atoms with van der Waals surface area (Å²) in [5.74, 6) is 0.830. The molecule has 2 aromatic heterocycles. The fourth-order valence-corrected chi connectivity index (χ4v) is 4.46. The Morgan fingerprint density at radius 3 is 2.81 bits per heavy atom. The zero-order chi connectivity index (χ0) is 22.0. The summed E-state index contributed by atoms with van der Waals surface area (Å²) >= 11 is 6.91. The number of methoxy groups -OCH3 is 1. The first-order valence-electron chi connectivity index (χ1n) is 9.29. The Morgan fingerprint density at radius 1 is 1.19 bits per heavy atom. The first kappa shape index (κ1) is 21.3. The smallest absolute Gasteiger partial charge is 0.248 e. The number of fused-ring (bicyclic) bond motifs is 1. The van der Waals surface area contributed by atoms with Crippen LogP contribution in [0.2, 0.25) is 0 Å². The summed E-state index contributed by atoms with van der Waals surface area (Å²) in [4.78, 5) is 21.2. The van der Waals surface area contributed by atoms with Crippen LogP contribution in [0, 0.1) is 6.92 Å². The molecular weight excluding hydrogens is 526 g/mol. The van der Waals surface area contributed by atoms with E-state index in [9.17, 15) is 4.79 Å². The van der Waals surface area contributed by atoms with Crippen molar-refractivity contribution in [3.8, 4) is 17.2 Å². The number of benzene rings is 2. The lowest BCUT2D eigenvalue weighted by Gasteiger charge is -2.09. The van der Waals surface area contributed by atoms with Crippen molar-refractivity contribution in [2.75, 3.05) is 12.4 Å². The van der Waals surface area contributed by atoms with E-state index in [-0.39, 0.29) is 5.91 Å². The zero-order valence-corrected chi connectivity index (χ0v) is 19.8. The fraction of sp³-hybridized carbons (Fsp3) is 0.0870. The maximum Gasteiger partial charge on any atom is 0.248 e. The van der Waals surface area contributed by atoms with Gasteiger partial charge < -0.3 is 14.5 Å². The fourth-order valence-electron chi connectivity index (χ4n) is 3.04. The van der Waals surface area contributed by atoms with Gasteiger partial charge in [-0.1, -0.05) is 22.0 Å². The molecule has 0 radical (unpaired) electrons. The predicted octanol–water partition coefficient (Wildman–Crippen LogP) is 6.38. The number of aryl methyl sites for hydroxylation is 1. The molecule has 0 saturated heterocycles. The highest BCUT2D eigenvalue weighted by Gasteiger charge is 2.12. The molecule has 4 aromatic rings. The Kier molecular flexibility index (Phi) is 6.20. The molecule has 0 spiro atoms. The molecule has 0 bridgehead atoms. The number of aromatic nitrogens is 2. The molecule has 6 nitrogen and oxygen atoms in total. The molecule has 4 rings (SSSR count). The Labute approximate surface area is 195 Å². The minimum absolute atomic E-state index is 0.266. The van der Waals surface area contributed by atoms with Crippen LogP contribution in [0.4, 0.5) is 5.69 Å². The van der Waals surface area contributed by atoms with Gasteiger partial charge in [0.25, 0.3) is 0 Å². The van der Waals surface area contributed by atoms with Gasteiger partial charge in [0.1, 0.15) is 5.75 Å². The van der Waals surface area contributed by atoms with Gasteiger partial charge in [0, 0.05) is 33.6 Å². The van der Waals surface area contributed by atoms with Gasteiger partial charge in [-0.2, -0.15) is 4.98 Å². The third-order valence-electron chi connectivity index (χ3n) is 4.56. The lowest BCUT2D eigenvalue weighted by atomic mass is 10.1. The molecule has 0 fully saturated rings. The van der Waals surface area contributed by atoms with Gasteiger partial charge >= 0.3 is 0 Å². The lowest BCUT2D eigenvalue weighted by Crippen LogP contribution is -2.09. The first-order valence-corrected chi connectivity index (χ1v) is 10.9. The second-order valence-electron chi connectivity index (χ2n) is 6.71. The van der Waals surface area contributed by atoms with Crippen LogP contribution < -0.4 is 10.1 Å². The highest BCUT2D eigenvalue weighted by molar-refractivity contribution is 9.11. The molecule has 0 aliphatic carbocycles. The number of carbonyl (C=O) groups is 1. The third-order valence-corrected chi connectivity index (χ3v) is 5.61. The second kappa shape index (κ2) is 9.03. The van der Waals surface area contributed by atoms with E-state index >= 15 is 0 Å². The monoisotopic (exact) mass is 541 g/mol. The number of carbonyl (C=O) groups excluding carboxylic acids is 1. The van der Waals surface area contributed by atoms with Crippen molar-refractivity contribution in [2.45, 2.75) is 6.92 Å². The summed E-state index contributed by atoms with van der Waals surface area (Å²) in [5.41, 5.74) is 4.26. The van der Waals surface area contributed by atoms with E-state index in [1.54, 1.807) is 25.4 Å². The molecule has 0 unspecified atom stereocenters. The van der Waals surface area contributed by atoms with Crippen molar-refractivity contribution >= 4 is 60.8 Å². The minimum atomic E-state index is -0.266. The van der Waals surface area contributed by atoms with E-state index in [1.807, 2.05) is 43.3 Å². The van der Waals surface area contributed by atoms with Crippen molar-refractivity contribution in [1.29, 1.82) is 0 Å². The van der Waals surface area contributed by atoms with E-state index in [0.717, 1.165) is 25.6 Å². The van der Waals surface area contributed by atoms with Crippen molar-refractivity contribution in [1.82, 2.24) is 9.97 Å². The summed E-state index contributed by atoms with van der Waals surface area (Å²) < 4.78 is 12.9. The summed E-state index contributed by atoms with van der Waals surface area (Å²) in [7, 11) is 1.59. The number of ether oxygens (including phenoxy) is 1. The Hall–Kier alpha value is -2.97. The normalized spacial score (nSPS) is 11.2. The molecule has 2 aromatic carbocycles. The molecule has 1 N–H and O–H groups in total. The number of nitrogens with zero attached hydrogens (tertiary/aromatic N) is 2. The molecule has 0 atom stereocenters. The Morgan fingerprint density at radius 2 is 2.03 bits per heavy atom. The van der Waals surface area contributed by atoms with E-state index < -0.39 is 0 Å². The number of hydrogen-bond donors (Lipinski definition) is 1. The van der Waals surface area contributed by atoms with E-state index in [0.29, 0.717) is 28.6 Å². The van der Waals surface area contributed by atoms with E-state index in [2.05, 4.69) is 47.1 Å². The van der Waals surface area contributed by atoms with Crippen molar-refractivity contribution in [3.63, 3.8) is 0 Å². The van der Waals surface area contributed by atoms with E-state index in [1.165, 1.54) is 6.08 Å². The van der Waals surface area contributed by atoms with Crippen LogP contribution in [0.25, 0.3) is 28.8 Å². The van der Waals surface area contributed by atoms with E-state index in [4.69, 9.17) is 9.15 Å². The number of nitrogens with one attached hydrogen (secondary N) is 1. The molecule has 0 aliphatic heterocycles. The van der Waals surface area contributed by atoms with Crippen molar-refractivity contribution in [2.24, 2.45) is 0 Å². The van der Waals surface area contributed by atoms with Gasteiger partial charge in [-0.3, -0.25) is 4.79 Å². The number of pyridine rings is 1. The maximum atomic E-state index is 12.6. The lowest BCUT2D eigenvalue weighted by molar-refractivity contribution is -0.111. The maximum absolute atomic E-state index is 12.6. The summed E-state index contributed by atoms with van der Waals surface area (Å²) in [6, 6.07) is 13.0. The van der Waals surface area contributed by atoms with Gasteiger partial charge in [0.05, 0.1) is 11.6 Å². The Bertz CT molecular complexity index is 1280. The Balaban J connectivity index is 1.57. The highest BCUT2D eigenvalue weighted by Crippen LogP contribution is 2.33. The molecule has 8 heteroatoms. The molecule has 0 saturated carbocycles. The summed E-state index contributed by atoms with van der Waals surface area (Å²) in [6.45, 7) is 1.92. The highest BCUT2D eigenvalue weighted by atomic mass is 79.9. The van der Waals surface area contributed by atoms with Gasteiger partial charge in [0.15, 0.2) is 11.2 Å². The van der Waals surface area contributed by atoms with Crippen LogP contribution in [-0.2, 0) is 4.79 Å². The third kappa shape index (κ3) is 4.70. The molecule has 0 aliphatic rings. The molecule has 156 valence electrons. The molecule has 1 amide bonds. The topological polar surface area (TPSA) is 77.2 Å². The van der Waals surface area contributed by atoms with Crippen LogP contribution in [0.15, 0.2) is 68.1 Å². The number of oxazole rings is 1. The number of amides is 1. The quantitative estimate of drug-likeness (QED) is 0.296. The molecular formula is C23H17Br2N3O3. The van der Waals surface area contributed by atoms with Gasteiger partial charge in [-0.05, 0) is 70.9 Å².